The van der Waals surface area contributed by atoms with E-state index < -0.39 is 22.4 Å². The molecular formula is C15H13F2NO4S. The van der Waals surface area contributed by atoms with Gasteiger partial charge in [-0.1, -0.05) is 6.07 Å². The lowest BCUT2D eigenvalue weighted by Crippen LogP contribution is -2.12. The van der Waals surface area contributed by atoms with Crippen molar-refractivity contribution in [1.29, 1.82) is 0 Å². The average Bonchev–Trinajstić information content (AvgIpc) is 2.46. The van der Waals surface area contributed by atoms with Crippen LogP contribution in [0.25, 0.3) is 0 Å². The maximum atomic E-state index is 12.1. The lowest BCUT2D eigenvalue weighted by atomic mass is 10.2. The van der Waals surface area contributed by atoms with Gasteiger partial charge in [-0.3, -0.25) is 4.79 Å². The fraction of sp³-hybridized carbons (Fsp3) is 0.133. The van der Waals surface area contributed by atoms with Crippen LogP contribution in [0.15, 0.2) is 53.4 Å². The van der Waals surface area contributed by atoms with Crippen molar-refractivity contribution in [2.45, 2.75) is 11.5 Å². The van der Waals surface area contributed by atoms with Crippen LogP contribution in [0.1, 0.15) is 10.4 Å². The zero-order valence-corrected chi connectivity index (χ0v) is 12.8. The van der Waals surface area contributed by atoms with E-state index in [1.54, 1.807) is 6.07 Å². The summed E-state index contributed by atoms with van der Waals surface area (Å²) in [6.45, 7) is -2.94. The highest BCUT2D eigenvalue weighted by molar-refractivity contribution is 7.90. The van der Waals surface area contributed by atoms with Crippen molar-refractivity contribution >= 4 is 21.4 Å². The summed E-state index contributed by atoms with van der Waals surface area (Å²) < 4.78 is 51.2. The first-order valence-electron chi connectivity index (χ1n) is 6.42. The van der Waals surface area contributed by atoms with Gasteiger partial charge in [0, 0.05) is 17.5 Å². The highest BCUT2D eigenvalue weighted by Gasteiger charge is 2.11. The summed E-state index contributed by atoms with van der Waals surface area (Å²) in [5.74, 6) is -0.560. The van der Waals surface area contributed by atoms with Crippen molar-refractivity contribution in [1.82, 2.24) is 0 Å². The van der Waals surface area contributed by atoms with E-state index in [1.165, 1.54) is 42.5 Å². The monoisotopic (exact) mass is 341 g/mol. The van der Waals surface area contributed by atoms with Crippen LogP contribution in [0, 0.1) is 0 Å². The Morgan fingerprint density at radius 3 is 2.35 bits per heavy atom. The van der Waals surface area contributed by atoms with Gasteiger partial charge in [0.05, 0.1) is 4.90 Å². The molecule has 23 heavy (non-hydrogen) atoms. The minimum Gasteiger partial charge on any atom is -0.435 e. The summed E-state index contributed by atoms with van der Waals surface area (Å²) in [5.41, 5.74) is 0.530. The summed E-state index contributed by atoms with van der Waals surface area (Å²) in [6.07, 6.45) is 1.07. The number of hydrogen-bond acceptors (Lipinski definition) is 4. The van der Waals surface area contributed by atoms with Gasteiger partial charge >= 0.3 is 6.61 Å². The van der Waals surface area contributed by atoms with Crippen molar-refractivity contribution < 1.29 is 26.7 Å². The highest BCUT2D eigenvalue weighted by atomic mass is 32.2. The molecule has 5 nitrogen and oxygen atoms in total. The van der Waals surface area contributed by atoms with E-state index in [0.29, 0.717) is 5.69 Å². The van der Waals surface area contributed by atoms with Crippen molar-refractivity contribution in [3.05, 3.63) is 54.1 Å². The van der Waals surface area contributed by atoms with Gasteiger partial charge < -0.3 is 10.1 Å². The third-order valence-corrected chi connectivity index (χ3v) is 3.97. The van der Waals surface area contributed by atoms with E-state index in [9.17, 15) is 22.0 Å². The SMILES string of the molecule is CS(=O)(=O)c1cccc(NC(=O)c2ccc(OC(F)F)cc2)c1. The molecule has 0 fully saturated rings. The summed E-state index contributed by atoms with van der Waals surface area (Å²) in [6, 6.07) is 10.9. The van der Waals surface area contributed by atoms with E-state index >= 15 is 0 Å². The zero-order valence-electron chi connectivity index (χ0n) is 12.0. The fourth-order valence-corrected chi connectivity index (χ4v) is 2.46. The van der Waals surface area contributed by atoms with Crippen LogP contribution in [0.5, 0.6) is 5.75 Å². The van der Waals surface area contributed by atoms with E-state index in [4.69, 9.17) is 0 Å². The smallest absolute Gasteiger partial charge is 0.387 e. The first-order valence-corrected chi connectivity index (χ1v) is 8.31. The summed E-state index contributed by atoms with van der Waals surface area (Å²) in [4.78, 5) is 12.1. The molecule has 0 aliphatic heterocycles. The summed E-state index contributed by atoms with van der Waals surface area (Å²) in [5, 5.41) is 2.54. The molecule has 0 aromatic heterocycles. The molecule has 8 heteroatoms. The third-order valence-electron chi connectivity index (χ3n) is 2.86. The maximum absolute atomic E-state index is 12.1. The largest absolute Gasteiger partial charge is 0.435 e. The van der Waals surface area contributed by atoms with Crippen molar-refractivity contribution in [2.75, 3.05) is 11.6 Å². The van der Waals surface area contributed by atoms with Gasteiger partial charge in [-0.15, -0.1) is 0 Å². The third kappa shape index (κ3) is 4.75. The Balaban J connectivity index is 2.13. The number of benzene rings is 2. The van der Waals surface area contributed by atoms with Crippen LogP contribution >= 0.6 is 0 Å². The van der Waals surface area contributed by atoms with Crippen LogP contribution < -0.4 is 10.1 Å². The molecule has 2 aromatic carbocycles. The number of rotatable bonds is 5. The van der Waals surface area contributed by atoms with Crippen LogP contribution in [-0.4, -0.2) is 27.2 Å². The molecule has 0 bridgehead atoms. The number of alkyl halides is 2. The number of ether oxygens (including phenoxy) is 1. The molecule has 0 aliphatic carbocycles. The lowest BCUT2D eigenvalue weighted by Gasteiger charge is -2.08. The molecule has 2 rings (SSSR count). The number of nitrogens with one attached hydrogen (secondary N) is 1. The fourth-order valence-electron chi connectivity index (χ4n) is 1.80. The Morgan fingerprint density at radius 1 is 1.13 bits per heavy atom. The Bertz CT molecular complexity index is 804. The van der Waals surface area contributed by atoms with E-state index in [-0.39, 0.29) is 16.2 Å². The van der Waals surface area contributed by atoms with Crippen LogP contribution in [0.3, 0.4) is 0 Å². The molecule has 1 amide bonds. The molecule has 0 saturated carbocycles. The number of halogens is 2. The molecule has 0 spiro atoms. The molecule has 0 atom stereocenters. The van der Waals surface area contributed by atoms with Gasteiger partial charge in [0.25, 0.3) is 5.91 Å². The molecule has 0 aliphatic rings. The molecule has 1 N–H and O–H groups in total. The predicted octanol–water partition coefficient (Wildman–Crippen LogP) is 2.94. The summed E-state index contributed by atoms with van der Waals surface area (Å²) in [7, 11) is -3.38. The van der Waals surface area contributed by atoms with Gasteiger partial charge in [-0.05, 0) is 42.5 Å². The number of anilines is 1. The van der Waals surface area contributed by atoms with Crippen molar-refractivity contribution in [3.8, 4) is 5.75 Å². The Morgan fingerprint density at radius 2 is 1.78 bits per heavy atom. The van der Waals surface area contributed by atoms with E-state index in [2.05, 4.69) is 10.1 Å². The second kappa shape index (κ2) is 6.74. The number of amides is 1. The number of sulfone groups is 1. The number of carbonyl (C=O) groups is 1. The minimum atomic E-state index is -3.38. The average molecular weight is 341 g/mol. The Hall–Kier alpha value is -2.48. The van der Waals surface area contributed by atoms with E-state index in [0.717, 1.165) is 6.26 Å². The van der Waals surface area contributed by atoms with Crippen LogP contribution in [0.4, 0.5) is 14.5 Å². The molecule has 122 valence electrons. The standard InChI is InChI=1S/C15H13F2NO4S/c1-23(20,21)13-4-2-3-11(9-13)18-14(19)10-5-7-12(8-6-10)22-15(16)17/h2-9,15H,1H3,(H,18,19). The van der Waals surface area contributed by atoms with Gasteiger partial charge in [0.1, 0.15) is 5.75 Å². The Labute approximate surface area is 131 Å². The second-order valence-corrected chi connectivity index (χ2v) is 6.67. The van der Waals surface area contributed by atoms with E-state index in [1.807, 2.05) is 0 Å². The zero-order chi connectivity index (χ0) is 17.0. The first-order chi connectivity index (χ1) is 10.8. The molecule has 0 heterocycles. The molecule has 0 radical (unpaired) electrons. The molecular weight excluding hydrogens is 328 g/mol. The van der Waals surface area contributed by atoms with Crippen LogP contribution in [0.2, 0.25) is 0 Å². The summed E-state index contributed by atoms with van der Waals surface area (Å²) >= 11 is 0. The quantitative estimate of drug-likeness (QED) is 0.907. The highest BCUT2D eigenvalue weighted by Crippen LogP contribution is 2.18. The lowest BCUT2D eigenvalue weighted by molar-refractivity contribution is -0.0498. The van der Waals surface area contributed by atoms with Gasteiger partial charge in [0.15, 0.2) is 9.84 Å². The molecule has 0 unspecified atom stereocenters. The van der Waals surface area contributed by atoms with Crippen molar-refractivity contribution in [2.24, 2.45) is 0 Å². The van der Waals surface area contributed by atoms with Crippen molar-refractivity contribution in [3.63, 3.8) is 0 Å². The number of hydrogen-bond donors (Lipinski definition) is 1. The predicted molar refractivity (Wildman–Crippen MR) is 80.6 cm³/mol. The van der Waals surface area contributed by atoms with Gasteiger partial charge in [-0.25, -0.2) is 8.42 Å². The van der Waals surface area contributed by atoms with Gasteiger partial charge in [-0.2, -0.15) is 8.78 Å². The number of carbonyl (C=O) groups excluding carboxylic acids is 1. The topological polar surface area (TPSA) is 72.5 Å². The molecule has 2 aromatic rings. The minimum absolute atomic E-state index is 0.0596. The van der Waals surface area contributed by atoms with Gasteiger partial charge in [0.2, 0.25) is 0 Å². The van der Waals surface area contributed by atoms with Crippen LogP contribution in [-0.2, 0) is 9.84 Å². The Kier molecular flexibility index (Phi) is 4.95. The molecule has 0 saturated heterocycles. The second-order valence-electron chi connectivity index (χ2n) is 4.66. The maximum Gasteiger partial charge on any atom is 0.387 e. The normalized spacial score (nSPS) is 11.3. The first kappa shape index (κ1) is 16.9.